The van der Waals surface area contributed by atoms with E-state index in [1.807, 2.05) is 25.1 Å². The molecule has 0 atom stereocenters. The molecule has 2 N–H and O–H groups in total. The van der Waals surface area contributed by atoms with Gasteiger partial charge >= 0.3 is 0 Å². The van der Waals surface area contributed by atoms with Gasteiger partial charge in [0.1, 0.15) is 5.75 Å². The van der Waals surface area contributed by atoms with Crippen molar-refractivity contribution in [2.45, 2.75) is 19.8 Å². The molecule has 0 amide bonds. The zero-order valence-electron chi connectivity index (χ0n) is 9.63. The molecule has 0 aromatic heterocycles. The maximum atomic E-state index is 6.09. The summed E-state index contributed by atoms with van der Waals surface area (Å²) >= 11 is 6.09. The highest BCUT2D eigenvalue weighted by atomic mass is 35.5. The van der Waals surface area contributed by atoms with Gasteiger partial charge in [-0.25, -0.2) is 0 Å². The Hall–Kier alpha value is -0.990. The summed E-state index contributed by atoms with van der Waals surface area (Å²) in [4.78, 5) is 0. The first kappa shape index (κ1) is 13.1. The Balaban J connectivity index is 2.57. The predicted octanol–water partition coefficient (Wildman–Crippen LogP) is 3.19. The second kappa shape index (κ2) is 6.56. The fourth-order valence-corrected chi connectivity index (χ4v) is 1.58. The molecule has 0 saturated carbocycles. The van der Waals surface area contributed by atoms with Crippen LogP contribution in [0.15, 0.2) is 30.4 Å². The van der Waals surface area contributed by atoms with Crippen LogP contribution in [-0.2, 0) is 6.42 Å². The second-order valence-electron chi connectivity index (χ2n) is 3.86. The quantitative estimate of drug-likeness (QED) is 0.774. The lowest BCUT2D eigenvalue weighted by molar-refractivity contribution is 0.322. The normalized spacial score (nSPS) is 10.2. The number of hydrogen-bond donors (Lipinski definition) is 1. The molecule has 0 saturated heterocycles. The smallest absolute Gasteiger partial charge is 0.137 e. The van der Waals surface area contributed by atoms with Gasteiger partial charge in [-0.3, -0.25) is 0 Å². The SMILES string of the molecule is C=C(C)CCOc1ccc(CCN)cc1Cl. The van der Waals surface area contributed by atoms with E-state index in [1.54, 1.807) is 0 Å². The van der Waals surface area contributed by atoms with Crippen LogP contribution < -0.4 is 10.5 Å². The third-order valence-corrected chi connectivity index (χ3v) is 2.51. The van der Waals surface area contributed by atoms with Crippen molar-refractivity contribution in [3.8, 4) is 5.75 Å². The van der Waals surface area contributed by atoms with Crippen LogP contribution in [0.1, 0.15) is 18.9 Å². The van der Waals surface area contributed by atoms with E-state index in [2.05, 4.69) is 6.58 Å². The molecule has 0 bridgehead atoms. The Morgan fingerprint density at radius 3 is 2.81 bits per heavy atom. The van der Waals surface area contributed by atoms with E-state index >= 15 is 0 Å². The standard InChI is InChI=1S/C13H18ClNO/c1-10(2)6-8-16-13-4-3-11(5-7-15)9-12(13)14/h3-4,9H,1,5-8,15H2,2H3. The number of ether oxygens (including phenoxy) is 1. The molecule has 0 fully saturated rings. The van der Waals surface area contributed by atoms with E-state index in [0.29, 0.717) is 18.2 Å². The van der Waals surface area contributed by atoms with Crippen molar-refractivity contribution in [2.75, 3.05) is 13.2 Å². The van der Waals surface area contributed by atoms with Gasteiger partial charge in [-0.05, 0) is 37.6 Å². The van der Waals surface area contributed by atoms with E-state index in [0.717, 1.165) is 29.7 Å². The molecule has 3 heteroatoms. The fraction of sp³-hybridized carbons (Fsp3) is 0.385. The van der Waals surface area contributed by atoms with E-state index < -0.39 is 0 Å². The molecule has 0 aliphatic heterocycles. The van der Waals surface area contributed by atoms with Crippen molar-refractivity contribution < 1.29 is 4.74 Å². The largest absolute Gasteiger partial charge is 0.492 e. The number of hydrogen-bond acceptors (Lipinski definition) is 2. The number of halogens is 1. The fourth-order valence-electron chi connectivity index (χ4n) is 1.32. The lowest BCUT2D eigenvalue weighted by Crippen LogP contribution is -2.03. The lowest BCUT2D eigenvalue weighted by Gasteiger charge is -2.09. The van der Waals surface area contributed by atoms with E-state index in [-0.39, 0.29) is 0 Å². The van der Waals surface area contributed by atoms with Crippen LogP contribution in [0.4, 0.5) is 0 Å². The van der Waals surface area contributed by atoms with Crippen molar-refractivity contribution >= 4 is 11.6 Å². The Kier molecular flexibility index (Phi) is 5.36. The van der Waals surface area contributed by atoms with Crippen molar-refractivity contribution in [2.24, 2.45) is 5.73 Å². The van der Waals surface area contributed by atoms with Gasteiger partial charge < -0.3 is 10.5 Å². The van der Waals surface area contributed by atoms with Crippen LogP contribution in [0, 0.1) is 0 Å². The maximum Gasteiger partial charge on any atom is 0.137 e. The summed E-state index contributed by atoms with van der Waals surface area (Å²) in [6.45, 7) is 7.05. The molecule has 0 radical (unpaired) electrons. The number of nitrogens with two attached hydrogens (primary N) is 1. The molecule has 0 aliphatic carbocycles. The van der Waals surface area contributed by atoms with Gasteiger partial charge in [0.25, 0.3) is 0 Å². The minimum atomic E-state index is 0.616. The molecule has 0 heterocycles. The van der Waals surface area contributed by atoms with Crippen molar-refractivity contribution in [1.29, 1.82) is 0 Å². The monoisotopic (exact) mass is 239 g/mol. The molecule has 88 valence electrons. The molecular formula is C13H18ClNO. The summed E-state index contributed by atoms with van der Waals surface area (Å²) in [5.41, 5.74) is 7.72. The maximum absolute atomic E-state index is 6.09. The Labute approximate surface area is 102 Å². The Morgan fingerprint density at radius 1 is 1.50 bits per heavy atom. The third kappa shape index (κ3) is 4.25. The molecule has 1 rings (SSSR count). The highest BCUT2D eigenvalue weighted by Gasteiger charge is 2.02. The van der Waals surface area contributed by atoms with Crippen LogP contribution in [0.25, 0.3) is 0 Å². The Morgan fingerprint density at radius 2 is 2.25 bits per heavy atom. The first-order valence-electron chi connectivity index (χ1n) is 5.39. The summed E-state index contributed by atoms with van der Waals surface area (Å²) in [5.74, 6) is 0.726. The minimum Gasteiger partial charge on any atom is -0.492 e. The zero-order valence-corrected chi connectivity index (χ0v) is 10.4. The minimum absolute atomic E-state index is 0.616. The average Bonchev–Trinajstić information content (AvgIpc) is 2.21. The molecule has 0 spiro atoms. The van der Waals surface area contributed by atoms with Gasteiger partial charge in [-0.15, -0.1) is 6.58 Å². The summed E-state index contributed by atoms with van der Waals surface area (Å²) in [6.07, 6.45) is 1.69. The topological polar surface area (TPSA) is 35.2 Å². The van der Waals surface area contributed by atoms with Gasteiger partial charge in [-0.1, -0.05) is 23.2 Å². The van der Waals surface area contributed by atoms with Crippen molar-refractivity contribution in [3.05, 3.63) is 40.9 Å². The highest BCUT2D eigenvalue weighted by Crippen LogP contribution is 2.25. The van der Waals surface area contributed by atoms with Gasteiger partial charge in [0.05, 0.1) is 11.6 Å². The molecule has 0 aliphatic rings. The second-order valence-corrected chi connectivity index (χ2v) is 4.27. The third-order valence-electron chi connectivity index (χ3n) is 2.22. The first-order chi connectivity index (χ1) is 7.63. The van der Waals surface area contributed by atoms with Gasteiger partial charge in [0, 0.05) is 6.42 Å². The molecular weight excluding hydrogens is 222 g/mol. The zero-order chi connectivity index (χ0) is 12.0. The van der Waals surface area contributed by atoms with Gasteiger partial charge in [-0.2, -0.15) is 0 Å². The molecule has 1 aromatic carbocycles. The van der Waals surface area contributed by atoms with E-state index in [4.69, 9.17) is 22.1 Å². The first-order valence-corrected chi connectivity index (χ1v) is 5.77. The molecule has 2 nitrogen and oxygen atoms in total. The van der Waals surface area contributed by atoms with Crippen LogP contribution in [0.2, 0.25) is 5.02 Å². The molecule has 1 aromatic rings. The molecule has 0 unspecified atom stereocenters. The van der Waals surface area contributed by atoms with Crippen molar-refractivity contribution in [3.63, 3.8) is 0 Å². The van der Waals surface area contributed by atoms with Gasteiger partial charge in [0.2, 0.25) is 0 Å². The van der Waals surface area contributed by atoms with Crippen molar-refractivity contribution in [1.82, 2.24) is 0 Å². The number of benzene rings is 1. The number of rotatable bonds is 6. The van der Waals surface area contributed by atoms with Crippen LogP contribution in [0.5, 0.6) is 5.75 Å². The van der Waals surface area contributed by atoms with Crippen LogP contribution in [-0.4, -0.2) is 13.2 Å². The van der Waals surface area contributed by atoms with E-state index in [1.165, 1.54) is 0 Å². The highest BCUT2D eigenvalue weighted by molar-refractivity contribution is 6.32. The van der Waals surface area contributed by atoms with Crippen LogP contribution in [0.3, 0.4) is 0 Å². The van der Waals surface area contributed by atoms with E-state index in [9.17, 15) is 0 Å². The molecule has 16 heavy (non-hydrogen) atoms. The summed E-state index contributed by atoms with van der Waals surface area (Å²) < 4.78 is 5.56. The van der Waals surface area contributed by atoms with Gasteiger partial charge in [0.15, 0.2) is 0 Å². The Bertz CT molecular complexity index is 363. The van der Waals surface area contributed by atoms with Crippen LogP contribution >= 0.6 is 11.6 Å². The summed E-state index contributed by atoms with van der Waals surface area (Å²) in [7, 11) is 0. The predicted molar refractivity (Wildman–Crippen MR) is 69.1 cm³/mol. The average molecular weight is 240 g/mol. The summed E-state index contributed by atoms with van der Waals surface area (Å²) in [5, 5.41) is 0.646. The summed E-state index contributed by atoms with van der Waals surface area (Å²) in [6, 6.07) is 5.80. The lowest BCUT2D eigenvalue weighted by atomic mass is 10.1.